The predicted molar refractivity (Wildman–Crippen MR) is 83.2 cm³/mol. The van der Waals surface area contributed by atoms with Crippen molar-refractivity contribution >= 4 is 27.6 Å². The van der Waals surface area contributed by atoms with Gasteiger partial charge in [-0.15, -0.1) is 0 Å². The highest BCUT2D eigenvalue weighted by atomic mass is 35.5. The van der Waals surface area contributed by atoms with Crippen LogP contribution >= 0.6 is 11.6 Å². The van der Waals surface area contributed by atoms with E-state index in [1.807, 2.05) is 0 Å². The molecule has 0 unspecified atom stereocenters. The molecule has 2 aromatic carbocycles. The Labute approximate surface area is 138 Å². The summed E-state index contributed by atoms with van der Waals surface area (Å²) in [4.78, 5) is 11.2. The lowest BCUT2D eigenvalue weighted by atomic mass is 10.2. The van der Waals surface area contributed by atoms with Gasteiger partial charge in [-0.1, -0.05) is 23.7 Å². The number of rotatable bonds is 5. The topological polar surface area (TPSA) is 72.5 Å². The minimum Gasteiger partial charge on any atom is -0.465 e. The average Bonchev–Trinajstić information content (AvgIpc) is 2.52. The van der Waals surface area contributed by atoms with Crippen molar-refractivity contribution in [1.82, 2.24) is 4.72 Å². The molecular weight excluding hydrogens is 345 g/mol. The van der Waals surface area contributed by atoms with Crippen LogP contribution < -0.4 is 4.72 Å². The first-order valence-electron chi connectivity index (χ1n) is 6.45. The summed E-state index contributed by atoms with van der Waals surface area (Å²) in [5.41, 5.74) is 0.511. The van der Waals surface area contributed by atoms with Crippen LogP contribution in [0.2, 0.25) is 5.02 Å². The monoisotopic (exact) mass is 357 g/mol. The molecule has 0 spiro atoms. The predicted octanol–water partition coefficient (Wildman–Crippen LogP) is 2.74. The second kappa shape index (κ2) is 7.08. The molecule has 0 aromatic heterocycles. The van der Waals surface area contributed by atoms with Crippen molar-refractivity contribution in [2.45, 2.75) is 11.4 Å². The molecule has 5 nitrogen and oxygen atoms in total. The van der Waals surface area contributed by atoms with Crippen LogP contribution in [0, 0.1) is 5.82 Å². The van der Waals surface area contributed by atoms with E-state index < -0.39 is 21.8 Å². The summed E-state index contributed by atoms with van der Waals surface area (Å²) in [5.74, 6) is -1.14. The number of hydrogen-bond donors (Lipinski definition) is 1. The SMILES string of the molecule is COC(=O)c1ccc(Cl)c(S(=O)(=O)NCc2cccc(F)c2)c1. The zero-order valence-corrected chi connectivity index (χ0v) is 13.6. The van der Waals surface area contributed by atoms with Gasteiger partial charge in [0, 0.05) is 6.54 Å². The van der Waals surface area contributed by atoms with E-state index in [9.17, 15) is 17.6 Å². The zero-order chi connectivity index (χ0) is 17.0. The second-order valence-electron chi connectivity index (χ2n) is 4.59. The summed E-state index contributed by atoms with van der Waals surface area (Å²) in [5, 5.41) is -0.0376. The maximum Gasteiger partial charge on any atom is 0.337 e. The van der Waals surface area contributed by atoms with Crippen molar-refractivity contribution in [2.24, 2.45) is 0 Å². The molecule has 0 atom stereocenters. The number of esters is 1. The summed E-state index contributed by atoms with van der Waals surface area (Å²) in [6.07, 6.45) is 0. The van der Waals surface area contributed by atoms with Gasteiger partial charge in [0.25, 0.3) is 0 Å². The Morgan fingerprint density at radius 1 is 1.26 bits per heavy atom. The lowest BCUT2D eigenvalue weighted by Crippen LogP contribution is -2.24. The molecule has 0 amide bonds. The van der Waals surface area contributed by atoms with Gasteiger partial charge >= 0.3 is 5.97 Å². The molecule has 0 saturated carbocycles. The van der Waals surface area contributed by atoms with Crippen molar-refractivity contribution in [1.29, 1.82) is 0 Å². The van der Waals surface area contributed by atoms with E-state index in [0.717, 1.165) is 6.07 Å². The number of nitrogens with one attached hydrogen (secondary N) is 1. The fraction of sp³-hybridized carbons (Fsp3) is 0.133. The lowest BCUT2D eigenvalue weighted by molar-refractivity contribution is 0.0600. The van der Waals surface area contributed by atoms with Gasteiger partial charge < -0.3 is 4.74 Å². The van der Waals surface area contributed by atoms with Crippen LogP contribution in [0.3, 0.4) is 0 Å². The fourth-order valence-electron chi connectivity index (χ4n) is 1.86. The van der Waals surface area contributed by atoms with E-state index in [1.165, 1.54) is 37.4 Å². The molecule has 0 aliphatic carbocycles. The van der Waals surface area contributed by atoms with Crippen LogP contribution in [0.5, 0.6) is 0 Å². The maximum atomic E-state index is 13.1. The van der Waals surface area contributed by atoms with Gasteiger partial charge in [0.15, 0.2) is 0 Å². The highest BCUT2D eigenvalue weighted by Crippen LogP contribution is 2.23. The number of sulfonamides is 1. The number of methoxy groups -OCH3 is 1. The minimum atomic E-state index is -3.98. The van der Waals surface area contributed by atoms with Crippen LogP contribution in [0.15, 0.2) is 47.4 Å². The number of carbonyl (C=O) groups excluding carboxylic acids is 1. The smallest absolute Gasteiger partial charge is 0.337 e. The molecule has 8 heteroatoms. The molecule has 0 saturated heterocycles. The van der Waals surface area contributed by atoms with Crippen molar-refractivity contribution < 1.29 is 22.3 Å². The fourth-order valence-corrected chi connectivity index (χ4v) is 3.40. The largest absolute Gasteiger partial charge is 0.465 e. The molecule has 0 radical (unpaired) electrons. The summed E-state index contributed by atoms with van der Waals surface area (Å²) < 4.78 is 44.6. The van der Waals surface area contributed by atoms with Crippen LogP contribution in [0.1, 0.15) is 15.9 Å². The molecule has 122 valence electrons. The second-order valence-corrected chi connectivity index (χ2v) is 6.73. The highest BCUT2D eigenvalue weighted by Gasteiger charge is 2.20. The van der Waals surface area contributed by atoms with E-state index in [0.29, 0.717) is 5.56 Å². The molecule has 0 aliphatic rings. The zero-order valence-electron chi connectivity index (χ0n) is 12.0. The Morgan fingerprint density at radius 2 is 2.00 bits per heavy atom. The van der Waals surface area contributed by atoms with E-state index in [-0.39, 0.29) is 22.0 Å². The Bertz CT molecular complexity index is 839. The van der Waals surface area contributed by atoms with Gasteiger partial charge in [0.05, 0.1) is 17.7 Å². The molecular formula is C15H13ClFNO4S. The summed E-state index contributed by atoms with van der Waals surface area (Å²) in [6.45, 7) is -0.112. The van der Waals surface area contributed by atoms with Gasteiger partial charge in [-0.3, -0.25) is 0 Å². The van der Waals surface area contributed by atoms with Crippen LogP contribution in [0.25, 0.3) is 0 Å². The third kappa shape index (κ3) is 4.28. The number of carbonyl (C=O) groups is 1. The Kier molecular flexibility index (Phi) is 5.35. The Morgan fingerprint density at radius 3 is 2.65 bits per heavy atom. The molecule has 23 heavy (non-hydrogen) atoms. The molecule has 0 fully saturated rings. The molecule has 0 bridgehead atoms. The van der Waals surface area contributed by atoms with Gasteiger partial charge in [0.2, 0.25) is 10.0 Å². The molecule has 2 rings (SSSR count). The van der Waals surface area contributed by atoms with Crippen molar-refractivity contribution in [3.8, 4) is 0 Å². The standard InChI is InChI=1S/C15H13ClFNO4S/c1-22-15(19)11-5-6-13(16)14(8-11)23(20,21)18-9-10-3-2-4-12(17)7-10/h2-8,18H,9H2,1H3. The molecule has 0 heterocycles. The van der Waals surface area contributed by atoms with E-state index in [4.69, 9.17) is 11.6 Å². The number of hydrogen-bond acceptors (Lipinski definition) is 4. The van der Waals surface area contributed by atoms with Gasteiger partial charge in [-0.2, -0.15) is 0 Å². The third-order valence-corrected chi connectivity index (χ3v) is 4.88. The summed E-state index contributed by atoms with van der Waals surface area (Å²) in [7, 11) is -2.79. The van der Waals surface area contributed by atoms with Gasteiger partial charge in [-0.25, -0.2) is 22.3 Å². The molecule has 2 aromatic rings. The number of halogens is 2. The quantitative estimate of drug-likeness (QED) is 0.835. The van der Waals surface area contributed by atoms with E-state index in [2.05, 4.69) is 9.46 Å². The van der Waals surface area contributed by atoms with E-state index in [1.54, 1.807) is 6.07 Å². The lowest BCUT2D eigenvalue weighted by Gasteiger charge is -2.10. The highest BCUT2D eigenvalue weighted by molar-refractivity contribution is 7.89. The van der Waals surface area contributed by atoms with Gasteiger partial charge in [-0.05, 0) is 35.9 Å². The average molecular weight is 358 g/mol. The first kappa shape index (κ1) is 17.4. The number of ether oxygens (including phenoxy) is 1. The minimum absolute atomic E-state index is 0.0376. The Balaban J connectivity index is 2.27. The number of benzene rings is 2. The van der Waals surface area contributed by atoms with Gasteiger partial charge in [0.1, 0.15) is 10.7 Å². The Hall–Kier alpha value is -1.96. The normalized spacial score (nSPS) is 11.3. The first-order chi connectivity index (χ1) is 10.8. The maximum absolute atomic E-state index is 13.1. The van der Waals surface area contributed by atoms with Crippen LogP contribution in [-0.4, -0.2) is 21.5 Å². The molecule has 0 aliphatic heterocycles. The van der Waals surface area contributed by atoms with Crippen LogP contribution in [0.4, 0.5) is 4.39 Å². The van der Waals surface area contributed by atoms with E-state index >= 15 is 0 Å². The first-order valence-corrected chi connectivity index (χ1v) is 8.31. The third-order valence-electron chi connectivity index (χ3n) is 3.00. The van der Waals surface area contributed by atoms with Crippen molar-refractivity contribution in [3.63, 3.8) is 0 Å². The summed E-state index contributed by atoms with van der Waals surface area (Å²) >= 11 is 5.90. The van der Waals surface area contributed by atoms with Crippen LogP contribution in [-0.2, 0) is 21.3 Å². The summed E-state index contributed by atoms with van der Waals surface area (Å²) in [6, 6.07) is 9.32. The van der Waals surface area contributed by atoms with Crippen molar-refractivity contribution in [2.75, 3.05) is 7.11 Å². The van der Waals surface area contributed by atoms with Crippen molar-refractivity contribution in [3.05, 3.63) is 64.4 Å². The molecule has 1 N–H and O–H groups in total.